The van der Waals surface area contributed by atoms with Crippen molar-refractivity contribution < 1.29 is 0 Å². The first-order valence-electron chi connectivity index (χ1n) is 5.86. The van der Waals surface area contributed by atoms with Gasteiger partial charge in [-0.3, -0.25) is 0 Å². The van der Waals surface area contributed by atoms with Crippen LogP contribution in [0.1, 0.15) is 25.0 Å². The molecule has 16 heavy (non-hydrogen) atoms. The highest BCUT2D eigenvalue weighted by atomic mass is 35.5. The summed E-state index contributed by atoms with van der Waals surface area (Å²) in [5, 5.41) is 7.49. The van der Waals surface area contributed by atoms with E-state index in [2.05, 4.69) is 15.6 Å². The van der Waals surface area contributed by atoms with E-state index in [4.69, 9.17) is 11.6 Å². The highest BCUT2D eigenvalue weighted by Crippen LogP contribution is 2.16. The van der Waals surface area contributed by atoms with Crippen molar-refractivity contribution >= 4 is 17.3 Å². The van der Waals surface area contributed by atoms with Gasteiger partial charge in [-0.05, 0) is 38.4 Å². The number of rotatable bonds is 3. The van der Waals surface area contributed by atoms with Gasteiger partial charge in [0.1, 0.15) is 5.15 Å². The van der Waals surface area contributed by atoms with E-state index in [1.165, 1.54) is 19.3 Å². The van der Waals surface area contributed by atoms with Crippen molar-refractivity contribution in [2.24, 2.45) is 0 Å². The fourth-order valence-corrected chi connectivity index (χ4v) is 2.24. The predicted octanol–water partition coefficient (Wildman–Crippen LogP) is 2.60. The molecular formula is C12H18ClN3. The van der Waals surface area contributed by atoms with Crippen molar-refractivity contribution in [1.29, 1.82) is 0 Å². The van der Waals surface area contributed by atoms with Gasteiger partial charge >= 0.3 is 0 Å². The highest BCUT2D eigenvalue weighted by molar-refractivity contribution is 6.29. The number of hydrogen-bond acceptors (Lipinski definition) is 3. The van der Waals surface area contributed by atoms with Crippen LogP contribution in [-0.4, -0.2) is 24.1 Å². The molecule has 1 aliphatic heterocycles. The normalized spacial score (nSPS) is 20.8. The molecule has 0 amide bonds. The van der Waals surface area contributed by atoms with Crippen molar-refractivity contribution in [3.05, 3.63) is 23.0 Å². The molecule has 2 rings (SSSR count). The molecule has 1 fully saturated rings. The number of pyridine rings is 1. The lowest BCUT2D eigenvalue weighted by molar-refractivity contribution is 0.414. The molecule has 0 saturated carbocycles. The Hall–Kier alpha value is -0.800. The predicted molar refractivity (Wildman–Crippen MR) is 68.1 cm³/mol. The van der Waals surface area contributed by atoms with E-state index in [-0.39, 0.29) is 0 Å². The van der Waals surface area contributed by atoms with Gasteiger partial charge in [0.15, 0.2) is 0 Å². The summed E-state index contributed by atoms with van der Waals surface area (Å²) < 4.78 is 0. The minimum atomic E-state index is 0.554. The zero-order chi connectivity index (χ0) is 11.4. The molecule has 1 aromatic rings. The van der Waals surface area contributed by atoms with Crippen LogP contribution >= 0.6 is 11.6 Å². The molecular weight excluding hydrogens is 222 g/mol. The molecule has 0 aliphatic carbocycles. The Balaban J connectivity index is 1.88. The van der Waals surface area contributed by atoms with Crippen LogP contribution in [-0.2, 0) is 0 Å². The van der Waals surface area contributed by atoms with Gasteiger partial charge in [-0.15, -0.1) is 0 Å². The van der Waals surface area contributed by atoms with Crippen molar-refractivity contribution in [3.63, 3.8) is 0 Å². The Labute approximate surface area is 102 Å². The maximum absolute atomic E-state index is 5.81. The smallest absolute Gasteiger partial charge is 0.129 e. The topological polar surface area (TPSA) is 37.0 Å². The van der Waals surface area contributed by atoms with Crippen LogP contribution in [0, 0.1) is 6.92 Å². The lowest BCUT2D eigenvalue weighted by Gasteiger charge is -2.24. The first-order valence-corrected chi connectivity index (χ1v) is 6.24. The zero-order valence-electron chi connectivity index (χ0n) is 9.59. The van der Waals surface area contributed by atoms with Crippen LogP contribution in [0.3, 0.4) is 0 Å². The molecule has 1 aromatic heterocycles. The second-order valence-corrected chi connectivity index (χ2v) is 4.68. The summed E-state index contributed by atoms with van der Waals surface area (Å²) in [5.74, 6) is 0. The zero-order valence-corrected chi connectivity index (χ0v) is 10.3. The maximum atomic E-state index is 5.81. The SMILES string of the molecule is Cc1nc(Cl)ccc1NCC1CCCCN1. The van der Waals surface area contributed by atoms with E-state index in [1.807, 2.05) is 19.1 Å². The standard InChI is InChI=1S/C12H18ClN3/c1-9-11(5-6-12(13)16-9)15-8-10-4-2-3-7-14-10/h5-6,10,14-15H,2-4,7-8H2,1H3. The number of nitrogens with zero attached hydrogens (tertiary/aromatic N) is 1. The van der Waals surface area contributed by atoms with Gasteiger partial charge < -0.3 is 10.6 Å². The highest BCUT2D eigenvalue weighted by Gasteiger charge is 2.12. The Morgan fingerprint density at radius 1 is 1.50 bits per heavy atom. The molecule has 0 aromatic carbocycles. The van der Waals surface area contributed by atoms with Gasteiger partial charge in [-0.2, -0.15) is 0 Å². The molecule has 3 nitrogen and oxygen atoms in total. The number of nitrogens with one attached hydrogen (secondary N) is 2. The summed E-state index contributed by atoms with van der Waals surface area (Å²) in [5.41, 5.74) is 2.04. The fraction of sp³-hybridized carbons (Fsp3) is 0.583. The molecule has 0 radical (unpaired) electrons. The lowest BCUT2D eigenvalue weighted by Crippen LogP contribution is -2.39. The first-order chi connectivity index (χ1) is 7.75. The van der Waals surface area contributed by atoms with Crippen molar-refractivity contribution in [3.8, 4) is 0 Å². The number of anilines is 1. The van der Waals surface area contributed by atoms with Crippen LogP contribution in [0.15, 0.2) is 12.1 Å². The van der Waals surface area contributed by atoms with E-state index in [1.54, 1.807) is 0 Å². The van der Waals surface area contributed by atoms with Crippen LogP contribution in [0.25, 0.3) is 0 Å². The van der Waals surface area contributed by atoms with Gasteiger partial charge in [0.25, 0.3) is 0 Å². The van der Waals surface area contributed by atoms with Gasteiger partial charge in [-0.25, -0.2) is 4.98 Å². The molecule has 2 heterocycles. The molecule has 1 atom stereocenters. The molecule has 1 aliphatic rings. The molecule has 4 heteroatoms. The van der Waals surface area contributed by atoms with Crippen LogP contribution in [0.2, 0.25) is 5.15 Å². The summed E-state index contributed by atoms with van der Waals surface area (Å²) in [4.78, 5) is 4.22. The van der Waals surface area contributed by atoms with Crippen LogP contribution < -0.4 is 10.6 Å². The number of aromatic nitrogens is 1. The van der Waals surface area contributed by atoms with E-state index in [0.717, 1.165) is 24.5 Å². The number of halogens is 1. The lowest BCUT2D eigenvalue weighted by atomic mass is 10.1. The summed E-state index contributed by atoms with van der Waals surface area (Å²) >= 11 is 5.81. The van der Waals surface area contributed by atoms with Crippen LogP contribution in [0.5, 0.6) is 0 Å². The molecule has 1 saturated heterocycles. The maximum Gasteiger partial charge on any atom is 0.129 e. The minimum Gasteiger partial charge on any atom is -0.382 e. The summed E-state index contributed by atoms with van der Waals surface area (Å²) in [6.45, 7) is 4.08. The summed E-state index contributed by atoms with van der Waals surface area (Å²) in [6.07, 6.45) is 3.89. The Bertz CT molecular complexity index is 348. The van der Waals surface area contributed by atoms with Crippen molar-refractivity contribution in [2.75, 3.05) is 18.4 Å². The van der Waals surface area contributed by atoms with E-state index in [0.29, 0.717) is 11.2 Å². The monoisotopic (exact) mass is 239 g/mol. The average Bonchev–Trinajstić information content (AvgIpc) is 2.29. The molecule has 0 bridgehead atoms. The largest absolute Gasteiger partial charge is 0.382 e. The molecule has 1 unspecified atom stereocenters. The Morgan fingerprint density at radius 3 is 3.06 bits per heavy atom. The molecule has 88 valence electrons. The van der Waals surface area contributed by atoms with Gasteiger partial charge in [-0.1, -0.05) is 18.0 Å². The summed E-state index contributed by atoms with van der Waals surface area (Å²) in [7, 11) is 0. The number of hydrogen-bond donors (Lipinski definition) is 2. The van der Waals surface area contributed by atoms with Gasteiger partial charge in [0.2, 0.25) is 0 Å². The van der Waals surface area contributed by atoms with Crippen molar-refractivity contribution in [2.45, 2.75) is 32.2 Å². The van der Waals surface area contributed by atoms with Crippen molar-refractivity contribution in [1.82, 2.24) is 10.3 Å². The second kappa shape index (κ2) is 5.51. The molecule has 0 spiro atoms. The quantitative estimate of drug-likeness (QED) is 0.797. The minimum absolute atomic E-state index is 0.554. The number of aryl methyl sites for hydroxylation is 1. The van der Waals surface area contributed by atoms with E-state index >= 15 is 0 Å². The van der Waals surface area contributed by atoms with E-state index < -0.39 is 0 Å². The van der Waals surface area contributed by atoms with Gasteiger partial charge in [0.05, 0.1) is 11.4 Å². The van der Waals surface area contributed by atoms with E-state index in [9.17, 15) is 0 Å². The third-order valence-electron chi connectivity index (χ3n) is 3.00. The number of piperidine rings is 1. The third kappa shape index (κ3) is 3.09. The molecule has 2 N–H and O–H groups in total. The Kier molecular flexibility index (Phi) is 4.02. The first kappa shape index (κ1) is 11.7. The van der Waals surface area contributed by atoms with Crippen LogP contribution in [0.4, 0.5) is 5.69 Å². The Morgan fingerprint density at radius 2 is 2.38 bits per heavy atom. The third-order valence-corrected chi connectivity index (χ3v) is 3.21. The van der Waals surface area contributed by atoms with Gasteiger partial charge in [0, 0.05) is 12.6 Å². The second-order valence-electron chi connectivity index (χ2n) is 4.29. The fourth-order valence-electron chi connectivity index (χ4n) is 2.05. The summed E-state index contributed by atoms with van der Waals surface area (Å²) in [6, 6.07) is 4.41. The average molecular weight is 240 g/mol.